The van der Waals surface area contributed by atoms with Crippen LogP contribution in [0.25, 0.3) is 0 Å². The number of esters is 1. The van der Waals surface area contributed by atoms with Crippen molar-refractivity contribution in [1.29, 1.82) is 0 Å². The molecule has 1 unspecified atom stereocenters. The van der Waals surface area contributed by atoms with Crippen LogP contribution < -0.4 is 5.32 Å². The minimum Gasteiger partial charge on any atom is -0.448 e. The highest BCUT2D eigenvalue weighted by Crippen LogP contribution is 2.20. The van der Waals surface area contributed by atoms with Gasteiger partial charge in [0.05, 0.1) is 11.2 Å². The molecule has 1 heterocycles. The van der Waals surface area contributed by atoms with E-state index in [9.17, 15) is 18.4 Å². The second-order valence-electron chi connectivity index (χ2n) is 4.69. The molecule has 0 aliphatic rings. The van der Waals surface area contributed by atoms with Crippen LogP contribution in [0.2, 0.25) is 5.02 Å². The molecule has 0 fully saturated rings. The largest absolute Gasteiger partial charge is 0.448 e. The Morgan fingerprint density at radius 2 is 1.96 bits per heavy atom. The molecule has 132 valence electrons. The molecule has 1 aromatic heterocycles. The van der Waals surface area contributed by atoms with E-state index in [-0.39, 0.29) is 10.7 Å². The van der Waals surface area contributed by atoms with E-state index >= 15 is 0 Å². The summed E-state index contributed by atoms with van der Waals surface area (Å²) in [5.41, 5.74) is -0.835. The Morgan fingerprint density at radius 3 is 2.56 bits per heavy atom. The van der Waals surface area contributed by atoms with Gasteiger partial charge in [-0.05, 0) is 25.3 Å². The van der Waals surface area contributed by atoms with E-state index in [1.165, 1.54) is 24.9 Å². The fourth-order valence-corrected chi connectivity index (χ4v) is 2.21. The molecule has 0 aliphatic heterocycles. The number of benzene rings is 1. The lowest BCUT2D eigenvalue weighted by atomic mass is 10.2. The first-order valence-corrected chi connectivity index (χ1v) is 8.46. The highest BCUT2D eigenvalue weighted by Gasteiger charge is 2.24. The zero-order valence-corrected chi connectivity index (χ0v) is 14.6. The molecular formula is C15H12ClF2N3O3S. The molecule has 0 saturated carbocycles. The van der Waals surface area contributed by atoms with Crippen molar-refractivity contribution in [3.63, 3.8) is 0 Å². The summed E-state index contributed by atoms with van der Waals surface area (Å²) in [5, 5.41) is 2.28. The Kier molecular flexibility index (Phi) is 6.27. The molecule has 2 rings (SSSR count). The van der Waals surface area contributed by atoms with Crippen LogP contribution in [0.5, 0.6) is 0 Å². The molecule has 1 N–H and O–H groups in total. The topological polar surface area (TPSA) is 81.2 Å². The number of rotatable bonds is 5. The maximum atomic E-state index is 13.5. The van der Waals surface area contributed by atoms with Crippen molar-refractivity contribution in [3.05, 3.63) is 46.7 Å². The Morgan fingerprint density at radius 1 is 1.32 bits per heavy atom. The van der Waals surface area contributed by atoms with Gasteiger partial charge in [-0.1, -0.05) is 29.4 Å². The normalized spacial score (nSPS) is 11.7. The summed E-state index contributed by atoms with van der Waals surface area (Å²) in [6.07, 6.45) is 1.60. The molecule has 10 heteroatoms. The van der Waals surface area contributed by atoms with Gasteiger partial charge >= 0.3 is 5.97 Å². The fraction of sp³-hybridized carbons (Fsp3) is 0.200. The van der Waals surface area contributed by atoms with Crippen molar-refractivity contribution in [2.75, 3.05) is 11.6 Å². The zero-order valence-electron chi connectivity index (χ0n) is 13.0. The second-order valence-corrected chi connectivity index (χ2v) is 5.87. The average Bonchev–Trinajstić information content (AvgIpc) is 2.58. The lowest BCUT2D eigenvalue weighted by molar-refractivity contribution is -0.123. The molecule has 0 spiro atoms. The van der Waals surface area contributed by atoms with Gasteiger partial charge in [-0.15, -0.1) is 0 Å². The van der Waals surface area contributed by atoms with Gasteiger partial charge in [0, 0.05) is 0 Å². The quantitative estimate of drug-likeness (QED) is 0.481. The fourth-order valence-electron chi connectivity index (χ4n) is 1.70. The number of nitrogens with zero attached hydrogens (tertiary/aromatic N) is 2. The number of hydrogen-bond donors (Lipinski definition) is 1. The van der Waals surface area contributed by atoms with E-state index in [1.807, 2.05) is 5.32 Å². The Bertz CT molecular complexity index is 802. The predicted molar refractivity (Wildman–Crippen MR) is 88.7 cm³/mol. The number of anilines is 1. The standard InChI is InChI=1S/C15H12ClF2N3O3S/c1-7(13(22)20-12-9(17)4-3-5-10(12)18)24-14(23)11-8(16)6-19-15(21-11)25-2/h3-7H,1-2H3,(H,20,22). The molecule has 6 nitrogen and oxygen atoms in total. The van der Waals surface area contributed by atoms with Gasteiger partial charge in [0.2, 0.25) is 0 Å². The van der Waals surface area contributed by atoms with Crippen molar-refractivity contribution in [2.24, 2.45) is 0 Å². The van der Waals surface area contributed by atoms with E-state index in [4.69, 9.17) is 16.3 Å². The van der Waals surface area contributed by atoms with E-state index < -0.39 is 35.3 Å². The number of halogens is 3. The van der Waals surface area contributed by atoms with Crippen LogP contribution >= 0.6 is 23.4 Å². The van der Waals surface area contributed by atoms with Crippen LogP contribution in [0.4, 0.5) is 14.5 Å². The smallest absolute Gasteiger partial charge is 0.359 e. The lowest BCUT2D eigenvalue weighted by Crippen LogP contribution is -2.31. The first kappa shape index (κ1) is 19.1. The average molecular weight is 388 g/mol. The predicted octanol–water partition coefficient (Wildman–Crippen LogP) is 3.31. The minimum absolute atomic E-state index is 0.0458. The maximum absolute atomic E-state index is 13.5. The number of carbonyl (C=O) groups excluding carboxylic acids is 2. The Labute approximate surface area is 150 Å². The summed E-state index contributed by atoms with van der Waals surface area (Å²) in [4.78, 5) is 31.9. The molecule has 0 saturated heterocycles. The molecule has 0 radical (unpaired) electrons. The molecule has 0 bridgehead atoms. The first-order chi connectivity index (χ1) is 11.8. The number of carbonyl (C=O) groups is 2. The van der Waals surface area contributed by atoms with Crippen LogP contribution in [-0.2, 0) is 9.53 Å². The van der Waals surface area contributed by atoms with Crippen molar-refractivity contribution in [1.82, 2.24) is 9.97 Å². The highest BCUT2D eigenvalue weighted by atomic mass is 35.5. The molecular weight excluding hydrogens is 376 g/mol. The minimum atomic E-state index is -1.34. The van der Waals surface area contributed by atoms with Crippen LogP contribution in [0.3, 0.4) is 0 Å². The van der Waals surface area contributed by atoms with Gasteiger partial charge in [0.1, 0.15) is 17.3 Å². The maximum Gasteiger partial charge on any atom is 0.359 e. The van der Waals surface area contributed by atoms with Crippen molar-refractivity contribution in [2.45, 2.75) is 18.2 Å². The molecule has 1 amide bonds. The summed E-state index contributed by atoms with van der Waals surface area (Å²) >= 11 is 7.04. The van der Waals surface area contributed by atoms with E-state index in [0.29, 0.717) is 5.16 Å². The zero-order chi connectivity index (χ0) is 18.6. The lowest BCUT2D eigenvalue weighted by Gasteiger charge is -2.14. The number of amides is 1. The number of ether oxygens (including phenoxy) is 1. The van der Waals surface area contributed by atoms with Crippen molar-refractivity contribution >= 4 is 40.9 Å². The van der Waals surface area contributed by atoms with Crippen molar-refractivity contribution in [3.8, 4) is 0 Å². The number of thioether (sulfide) groups is 1. The summed E-state index contributed by atoms with van der Waals surface area (Å²) in [7, 11) is 0. The van der Waals surface area contributed by atoms with Crippen LogP contribution in [0.15, 0.2) is 29.6 Å². The third kappa shape index (κ3) is 4.64. The van der Waals surface area contributed by atoms with Crippen LogP contribution in [-0.4, -0.2) is 34.2 Å². The molecule has 25 heavy (non-hydrogen) atoms. The molecule has 1 aromatic carbocycles. The Balaban J connectivity index is 2.10. The first-order valence-electron chi connectivity index (χ1n) is 6.86. The van der Waals surface area contributed by atoms with Gasteiger partial charge in [-0.3, -0.25) is 4.79 Å². The highest BCUT2D eigenvalue weighted by molar-refractivity contribution is 7.98. The SMILES string of the molecule is CSc1ncc(Cl)c(C(=O)OC(C)C(=O)Nc2c(F)cccc2F)n1. The van der Waals surface area contributed by atoms with Gasteiger partial charge < -0.3 is 10.1 Å². The van der Waals surface area contributed by atoms with E-state index in [1.54, 1.807) is 6.26 Å². The van der Waals surface area contributed by atoms with E-state index in [2.05, 4.69) is 9.97 Å². The van der Waals surface area contributed by atoms with Gasteiger partial charge in [-0.2, -0.15) is 0 Å². The van der Waals surface area contributed by atoms with Gasteiger partial charge in [0.15, 0.2) is 17.0 Å². The number of para-hydroxylation sites is 1. The summed E-state index contributed by atoms with van der Waals surface area (Å²) in [5.74, 6) is -3.77. The van der Waals surface area contributed by atoms with E-state index in [0.717, 1.165) is 18.2 Å². The summed E-state index contributed by atoms with van der Waals surface area (Å²) < 4.78 is 32.0. The monoisotopic (exact) mass is 387 g/mol. The molecule has 1 atom stereocenters. The number of aromatic nitrogens is 2. The summed E-state index contributed by atoms with van der Waals surface area (Å²) in [6.45, 7) is 1.25. The summed E-state index contributed by atoms with van der Waals surface area (Å²) in [6, 6.07) is 3.13. The molecule has 0 aliphatic carbocycles. The van der Waals surface area contributed by atoms with Crippen molar-refractivity contribution < 1.29 is 23.1 Å². The van der Waals surface area contributed by atoms with Crippen LogP contribution in [0, 0.1) is 11.6 Å². The number of hydrogen-bond acceptors (Lipinski definition) is 6. The second kappa shape index (κ2) is 8.21. The van der Waals surface area contributed by atoms with Crippen LogP contribution in [0.1, 0.15) is 17.4 Å². The number of nitrogens with one attached hydrogen (secondary N) is 1. The molecule has 2 aromatic rings. The third-order valence-corrected chi connectivity index (χ3v) is 3.80. The van der Waals surface area contributed by atoms with Gasteiger partial charge in [0.25, 0.3) is 5.91 Å². The van der Waals surface area contributed by atoms with Gasteiger partial charge in [-0.25, -0.2) is 23.5 Å². The Hall–Kier alpha value is -2.26. The third-order valence-electron chi connectivity index (χ3n) is 2.96.